The summed E-state index contributed by atoms with van der Waals surface area (Å²) in [5.74, 6) is 0.852. The molecule has 20 heavy (non-hydrogen) atoms. The van der Waals surface area contributed by atoms with E-state index in [1.165, 1.54) is 0 Å². The van der Waals surface area contributed by atoms with Crippen LogP contribution in [0.25, 0.3) is 0 Å². The molecule has 4 heteroatoms. The number of hydrogen-bond acceptors (Lipinski definition) is 3. The van der Waals surface area contributed by atoms with Gasteiger partial charge in [-0.15, -0.1) is 0 Å². The highest BCUT2D eigenvalue weighted by atomic mass is 16.5. The number of nitrogens with zero attached hydrogens (tertiary/aromatic N) is 2. The molecule has 0 spiro atoms. The van der Waals surface area contributed by atoms with E-state index in [1.807, 2.05) is 37.1 Å². The van der Waals surface area contributed by atoms with Crippen molar-refractivity contribution < 1.29 is 9.53 Å². The minimum absolute atomic E-state index is 0.0813. The van der Waals surface area contributed by atoms with Crippen molar-refractivity contribution in [2.45, 2.75) is 25.8 Å². The molecule has 1 saturated heterocycles. The second-order valence-corrected chi connectivity index (χ2v) is 5.63. The van der Waals surface area contributed by atoms with Crippen molar-refractivity contribution in [2.24, 2.45) is 0 Å². The smallest absolute Gasteiger partial charge is 0.253 e. The van der Waals surface area contributed by atoms with E-state index in [9.17, 15) is 4.79 Å². The number of carbonyl (C=O) groups is 1. The van der Waals surface area contributed by atoms with Crippen LogP contribution in [0.5, 0.6) is 5.75 Å². The Balaban J connectivity index is 2.10. The van der Waals surface area contributed by atoms with Crippen molar-refractivity contribution in [2.75, 3.05) is 34.3 Å². The van der Waals surface area contributed by atoms with E-state index in [1.54, 1.807) is 7.11 Å². The van der Waals surface area contributed by atoms with E-state index < -0.39 is 0 Å². The molecule has 1 fully saturated rings. The predicted octanol–water partition coefficient (Wildman–Crippen LogP) is 2.17. The first kappa shape index (κ1) is 14.9. The molecular formula is C16H24N2O2. The first-order chi connectivity index (χ1) is 9.52. The molecule has 0 aromatic heterocycles. The van der Waals surface area contributed by atoms with Crippen molar-refractivity contribution >= 4 is 5.91 Å². The largest absolute Gasteiger partial charge is 0.496 e. The zero-order valence-electron chi connectivity index (χ0n) is 12.8. The zero-order chi connectivity index (χ0) is 14.7. The summed E-state index contributed by atoms with van der Waals surface area (Å²) >= 11 is 0. The Bertz CT molecular complexity index is 479. The van der Waals surface area contributed by atoms with E-state index in [-0.39, 0.29) is 5.91 Å². The van der Waals surface area contributed by atoms with Gasteiger partial charge in [0, 0.05) is 18.7 Å². The number of benzene rings is 1. The third-order valence-electron chi connectivity index (χ3n) is 4.21. The number of ether oxygens (including phenoxy) is 1. The molecule has 0 radical (unpaired) electrons. The molecule has 0 atom stereocenters. The van der Waals surface area contributed by atoms with E-state index in [0.29, 0.717) is 11.6 Å². The minimum atomic E-state index is 0.0813. The molecule has 1 heterocycles. The lowest BCUT2D eigenvalue weighted by atomic mass is 10.0. The molecule has 0 aliphatic carbocycles. The minimum Gasteiger partial charge on any atom is -0.496 e. The van der Waals surface area contributed by atoms with Gasteiger partial charge in [0.1, 0.15) is 5.75 Å². The molecule has 1 amide bonds. The van der Waals surface area contributed by atoms with Gasteiger partial charge in [-0.05, 0) is 57.6 Å². The molecule has 110 valence electrons. The van der Waals surface area contributed by atoms with Crippen LogP contribution in [0.4, 0.5) is 0 Å². The predicted molar refractivity (Wildman–Crippen MR) is 80.3 cm³/mol. The standard InChI is InChI=1S/C16H24N2O2/c1-12-5-6-13(11-15(12)20-4)16(19)18(3)14-7-9-17(2)10-8-14/h5-6,11,14H,7-10H2,1-4H3. The van der Waals surface area contributed by atoms with Crippen LogP contribution in [0.15, 0.2) is 18.2 Å². The Kier molecular flexibility index (Phi) is 4.65. The fourth-order valence-electron chi connectivity index (χ4n) is 2.70. The van der Waals surface area contributed by atoms with Gasteiger partial charge in [-0.3, -0.25) is 4.79 Å². The van der Waals surface area contributed by atoms with Gasteiger partial charge in [0.15, 0.2) is 0 Å². The molecule has 4 nitrogen and oxygen atoms in total. The van der Waals surface area contributed by atoms with Crippen molar-refractivity contribution in [3.63, 3.8) is 0 Å². The normalized spacial score (nSPS) is 17.0. The Morgan fingerprint density at radius 3 is 2.60 bits per heavy atom. The zero-order valence-corrected chi connectivity index (χ0v) is 12.8. The highest BCUT2D eigenvalue weighted by Gasteiger charge is 2.24. The average Bonchev–Trinajstić information content (AvgIpc) is 2.47. The van der Waals surface area contributed by atoms with Crippen LogP contribution >= 0.6 is 0 Å². The maximum Gasteiger partial charge on any atom is 0.253 e. The summed E-state index contributed by atoms with van der Waals surface area (Å²) in [5.41, 5.74) is 1.75. The van der Waals surface area contributed by atoms with E-state index >= 15 is 0 Å². The molecule has 1 aliphatic heterocycles. The van der Waals surface area contributed by atoms with E-state index in [0.717, 1.165) is 37.2 Å². The summed E-state index contributed by atoms with van der Waals surface area (Å²) in [6.45, 7) is 4.09. The van der Waals surface area contributed by atoms with Crippen LogP contribution in [-0.4, -0.2) is 56.0 Å². The van der Waals surface area contributed by atoms with Crippen molar-refractivity contribution in [3.05, 3.63) is 29.3 Å². The Labute approximate surface area is 121 Å². The van der Waals surface area contributed by atoms with Crippen LogP contribution in [0, 0.1) is 6.92 Å². The lowest BCUT2D eigenvalue weighted by Gasteiger charge is -2.35. The summed E-state index contributed by atoms with van der Waals surface area (Å²) in [6.07, 6.45) is 2.09. The van der Waals surface area contributed by atoms with Crippen molar-refractivity contribution in [1.29, 1.82) is 0 Å². The number of hydrogen-bond donors (Lipinski definition) is 0. The fraction of sp³-hybridized carbons (Fsp3) is 0.562. The number of likely N-dealkylation sites (tertiary alicyclic amines) is 1. The van der Waals surface area contributed by atoms with Crippen LogP contribution in [0.2, 0.25) is 0 Å². The molecule has 0 saturated carbocycles. The van der Waals surface area contributed by atoms with Gasteiger partial charge in [0.05, 0.1) is 7.11 Å². The van der Waals surface area contributed by atoms with Crippen molar-refractivity contribution in [1.82, 2.24) is 9.80 Å². The lowest BCUT2D eigenvalue weighted by molar-refractivity contribution is 0.0659. The first-order valence-electron chi connectivity index (χ1n) is 7.13. The molecule has 0 bridgehead atoms. The second-order valence-electron chi connectivity index (χ2n) is 5.63. The van der Waals surface area contributed by atoms with E-state index in [4.69, 9.17) is 4.74 Å². The van der Waals surface area contributed by atoms with Gasteiger partial charge in [-0.25, -0.2) is 0 Å². The topological polar surface area (TPSA) is 32.8 Å². The molecular weight excluding hydrogens is 252 g/mol. The second kappa shape index (κ2) is 6.27. The molecule has 1 aromatic rings. The van der Waals surface area contributed by atoms with Gasteiger partial charge >= 0.3 is 0 Å². The van der Waals surface area contributed by atoms with Crippen LogP contribution in [0.3, 0.4) is 0 Å². The maximum atomic E-state index is 12.6. The molecule has 1 aliphatic rings. The molecule has 0 unspecified atom stereocenters. The summed E-state index contributed by atoms with van der Waals surface area (Å²) in [7, 11) is 5.67. The number of aryl methyl sites for hydroxylation is 1. The number of carbonyl (C=O) groups excluding carboxylic acids is 1. The first-order valence-corrected chi connectivity index (χ1v) is 7.13. The van der Waals surface area contributed by atoms with Crippen LogP contribution in [0.1, 0.15) is 28.8 Å². The monoisotopic (exact) mass is 276 g/mol. The Morgan fingerprint density at radius 1 is 1.35 bits per heavy atom. The molecule has 1 aromatic carbocycles. The van der Waals surface area contributed by atoms with Gasteiger partial charge in [-0.1, -0.05) is 6.07 Å². The van der Waals surface area contributed by atoms with E-state index in [2.05, 4.69) is 11.9 Å². The van der Waals surface area contributed by atoms with Crippen molar-refractivity contribution in [3.8, 4) is 5.75 Å². The highest BCUT2D eigenvalue weighted by molar-refractivity contribution is 5.94. The number of piperidine rings is 1. The number of methoxy groups -OCH3 is 1. The quantitative estimate of drug-likeness (QED) is 0.848. The van der Waals surface area contributed by atoms with Gasteiger partial charge in [0.2, 0.25) is 0 Å². The van der Waals surface area contributed by atoms with Gasteiger partial charge in [-0.2, -0.15) is 0 Å². The maximum absolute atomic E-state index is 12.6. The van der Waals surface area contributed by atoms with Crippen LogP contribution < -0.4 is 4.74 Å². The highest BCUT2D eigenvalue weighted by Crippen LogP contribution is 2.22. The Morgan fingerprint density at radius 2 is 2.00 bits per heavy atom. The third-order valence-corrected chi connectivity index (χ3v) is 4.21. The SMILES string of the molecule is COc1cc(C(=O)N(C)C2CCN(C)CC2)ccc1C. The summed E-state index contributed by atoms with van der Waals surface area (Å²) < 4.78 is 5.30. The summed E-state index contributed by atoms with van der Waals surface area (Å²) in [5, 5.41) is 0. The third kappa shape index (κ3) is 3.12. The average molecular weight is 276 g/mol. The molecule has 2 rings (SSSR count). The summed E-state index contributed by atoms with van der Waals surface area (Å²) in [6, 6.07) is 5.99. The van der Waals surface area contributed by atoms with Crippen LogP contribution in [-0.2, 0) is 0 Å². The number of amides is 1. The fourth-order valence-corrected chi connectivity index (χ4v) is 2.70. The lowest BCUT2D eigenvalue weighted by Crippen LogP contribution is -2.44. The van der Waals surface area contributed by atoms with Gasteiger partial charge in [0.25, 0.3) is 5.91 Å². The van der Waals surface area contributed by atoms with Gasteiger partial charge < -0.3 is 14.5 Å². The Hall–Kier alpha value is -1.55. The number of rotatable bonds is 3. The molecule has 0 N–H and O–H groups in total. The summed E-state index contributed by atoms with van der Waals surface area (Å²) in [4.78, 5) is 16.8.